The second-order valence-corrected chi connectivity index (χ2v) is 7.99. The van der Waals surface area contributed by atoms with Crippen molar-refractivity contribution in [3.8, 4) is 0 Å². The Labute approximate surface area is 139 Å². The van der Waals surface area contributed by atoms with Gasteiger partial charge in [0.05, 0.1) is 30.8 Å². The molecule has 3 rings (SSSR count). The van der Waals surface area contributed by atoms with Crippen molar-refractivity contribution < 1.29 is 14.6 Å². The molecule has 6 nitrogen and oxygen atoms in total. The minimum atomic E-state index is -0.760. The largest absolute Gasteiger partial charge is 0.387 e. The summed E-state index contributed by atoms with van der Waals surface area (Å²) in [5.41, 5.74) is -1.05. The number of aliphatic hydroxyl groups is 1. The fourth-order valence-corrected chi connectivity index (χ4v) is 4.38. The zero-order chi connectivity index (χ0) is 16.5. The molecule has 0 radical (unpaired) electrons. The second kappa shape index (κ2) is 6.67. The fourth-order valence-electron chi connectivity index (χ4n) is 4.38. The van der Waals surface area contributed by atoms with Crippen LogP contribution in [0.25, 0.3) is 0 Å². The molecule has 0 saturated carbocycles. The van der Waals surface area contributed by atoms with Crippen LogP contribution in [0.15, 0.2) is 0 Å². The first-order valence-corrected chi connectivity index (χ1v) is 8.91. The van der Waals surface area contributed by atoms with Crippen LogP contribution in [0.1, 0.15) is 26.2 Å². The van der Waals surface area contributed by atoms with Gasteiger partial charge in [-0.05, 0) is 39.8 Å². The monoisotopic (exact) mass is 325 g/mol. The third-order valence-electron chi connectivity index (χ3n) is 5.64. The highest BCUT2D eigenvalue weighted by Crippen LogP contribution is 2.34. The highest BCUT2D eigenvalue weighted by atomic mass is 16.5. The summed E-state index contributed by atoms with van der Waals surface area (Å²) in [6.45, 7) is 9.01. The van der Waals surface area contributed by atoms with Gasteiger partial charge in [0.2, 0.25) is 5.91 Å². The summed E-state index contributed by atoms with van der Waals surface area (Å²) >= 11 is 0. The lowest BCUT2D eigenvalue weighted by Gasteiger charge is -2.40. The molecule has 0 unspecified atom stereocenters. The van der Waals surface area contributed by atoms with Crippen molar-refractivity contribution >= 4 is 5.91 Å². The Morgan fingerprint density at radius 2 is 1.87 bits per heavy atom. The molecule has 23 heavy (non-hydrogen) atoms. The van der Waals surface area contributed by atoms with Gasteiger partial charge >= 0.3 is 0 Å². The van der Waals surface area contributed by atoms with Crippen LogP contribution < -0.4 is 0 Å². The highest BCUT2D eigenvalue weighted by molar-refractivity contribution is 5.83. The molecule has 2 atom stereocenters. The van der Waals surface area contributed by atoms with E-state index in [4.69, 9.17) is 4.74 Å². The number of hydrogen-bond donors (Lipinski definition) is 1. The molecule has 3 fully saturated rings. The van der Waals surface area contributed by atoms with E-state index >= 15 is 0 Å². The maximum absolute atomic E-state index is 13.0. The average Bonchev–Trinajstić information content (AvgIpc) is 2.89. The number of β-amino-alcohol motifs (C(OH)–C–C–N with tert-alkyl or cyclic N) is 1. The van der Waals surface area contributed by atoms with Gasteiger partial charge in [-0.25, -0.2) is 0 Å². The fraction of sp³-hybridized carbons (Fsp3) is 0.941. The van der Waals surface area contributed by atoms with Gasteiger partial charge in [0.15, 0.2) is 0 Å². The third-order valence-corrected chi connectivity index (χ3v) is 5.64. The zero-order valence-electron chi connectivity index (χ0n) is 14.6. The van der Waals surface area contributed by atoms with Gasteiger partial charge in [-0.1, -0.05) is 0 Å². The van der Waals surface area contributed by atoms with E-state index in [1.165, 1.54) is 0 Å². The van der Waals surface area contributed by atoms with Crippen LogP contribution in [0.2, 0.25) is 0 Å². The van der Waals surface area contributed by atoms with Crippen LogP contribution >= 0.6 is 0 Å². The number of morpholine rings is 1. The van der Waals surface area contributed by atoms with E-state index in [0.29, 0.717) is 26.1 Å². The van der Waals surface area contributed by atoms with Crippen LogP contribution in [-0.2, 0) is 9.53 Å². The van der Waals surface area contributed by atoms with Crippen LogP contribution in [0.5, 0.6) is 0 Å². The Bertz CT molecular complexity index is 441. The molecule has 3 aliphatic rings. The number of piperidine rings is 1. The number of rotatable bonds is 3. The lowest BCUT2D eigenvalue weighted by Crippen LogP contribution is -2.52. The van der Waals surface area contributed by atoms with Crippen molar-refractivity contribution in [2.24, 2.45) is 5.41 Å². The molecule has 3 saturated heterocycles. The smallest absolute Gasteiger partial charge is 0.229 e. The van der Waals surface area contributed by atoms with Crippen molar-refractivity contribution in [1.82, 2.24) is 14.7 Å². The SMILES string of the molecule is CN1CCC[C@@](C)(C(=O)N2CC[C@@](O)(CN3CCOCC3)C2)C1. The number of hydrogen-bond acceptors (Lipinski definition) is 5. The predicted molar refractivity (Wildman–Crippen MR) is 88.2 cm³/mol. The normalized spacial score (nSPS) is 37.3. The van der Waals surface area contributed by atoms with E-state index in [0.717, 1.165) is 52.2 Å². The number of nitrogens with zero attached hydrogens (tertiary/aromatic N) is 3. The van der Waals surface area contributed by atoms with Gasteiger partial charge in [0.1, 0.15) is 0 Å². The minimum Gasteiger partial charge on any atom is -0.387 e. The Kier molecular flexibility index (Phi) is 4.97. The number of carbonyl (C=O) groups excluding carboxylic acids is 1. The quantitative estimate of drug-likeness (QED) is 0.792. The van der Waals surface area contributed by atoms with Crippen molar-refractivity contribution in [2.45, 2.75) is 31.8 Å². The number of amides is 1. The maximum Gasteiger partial charge on any atom is 0.229 e. The summed E-state index contributed by atoms with van der Waals surface area (Å²) in [4.78, 5) is 19.4. The first kappa shape index (κ1) is 17.1. The van der Waals surface area contributed by atoms with E-state index in [-0.39, 0.29) is 11.3 Å². The molecule has 0 spiro atoms. The summed E-state index contributed by atoms with van der Waals surface area (Å²) in [5.74, 6) is 0.224. The Hall–Kier alpha value is -0.690. The van der Waals surface area contributed by atoms with Crippen molar-refractivity contribution in [3.63, 3.8) is 0 Å². The Morgan fingerprint density at radius 1 is 1.13 bits per heavy atom. The molecule has 0 aliphatic carbocycles. The molecule has 0 aromatic carbocycles. The molecule has 3 aliphatic heterocycles. The summed E-state index contributed by atoms with van der Waals surface area (Å²) in [7, 11) is 2.09. The molecule has 1 amide bonds. The molecule has 0 bridgehead atoms. The topological polar surface area (TPSA) is 56.2 Å². The van der Waals surface area contributed by atoms with Crippen molar-refractivity contribution in [1.29, 1.82) is 0 Å². The Morgan fingerprint density at radius 3 is 2.57 bits per heavy atom. The Balaban J connectivity index is 1.58. The standard InChI is InChI=1S/C17H31N3O3/c1-16(4-3-6-18(2)12-16)15(21)20-7-5-17(22,14-20)13-19-8-10-23-11-9-19/h22H,3-14H2,1-2H3/t16-,17-/m1/s1. The molecular weight excluding hydrogens is 294 g/mol. The summed E-state index contributed by atoms with van der Waals surface area (Å²) < 4.78 is 5.37. The maximum atomic E-state index is 13.0. The van der Waals surface area contributed by atoms with E-state index < -0.39 is 5.60 Å². The van der Waals surface area contributed by atoms with Crippen LogP contribution in [0.4, 0.5) is 0 Å². The number of likely N-dealkylation sites (tertiary alicyclic amines) is 2. The van der Waals surface area contributed by atoms with E-state index in [2.05, 4.69) is 23.8 Å². The molecule has 0 aromatic rings. The van der Waals surface area contributed by atoms with E-state index in [1.54, 1.807) is 0 Å². The average molecular weight is 325 g/mol. The van der Waals surface area contributed by atoms with Gasteiger partial charge in [-0.2, -0.15) is 0 Å². The molecule has 1 N–H and O–H groups in total. The first-order chi connectivity index (χ1) is 10.9. The van der Waals surface area contributed by atoms with Crippen molar-refractivity contribution in [2.75, 3.05) is 66.1 Å². The van der Waals surface area contributed by atoms with Gasteiger partial charge in [0, 0.05) is 32.7 Å². The second-order valence-electron chi connectivity index (χ2n) is 7.99. The van der Waals surface area contributed by atoms with Gasteiger partial charge in [0.25, 0.3) is 0 Å². The summed E-state index contributed by atoms with van der Waals surface area (Å²) in [5, 5.41) is 10.9. The van der Waals surface area contributed by atoms with Crippen LogP contribution in [0, 0.1) is 5.41 Å². The predicted octanol–water partition coefficient (Wildman–Crippen LogP) is 0.0139. The lowest BCUT2D eigenvalue weighted by molar-refractivity contribution is -0.144. The van der Waals surface area contributed by atoms with Crippen LogP contribution in [0.3, 0.4) is 0 Å². The lowest BCUT2D eigenvalue weighted by atomic mass is 9.80. The van der Waals surface area contributed by atoms with E-state index in [1.807, 2.05) is 4.90 Å². The number of ether oxygens (including phenoxy) is 1. The molecule has 3 heterocycles. The number of carbonyl (C=O) groups is 1. The third kappa shape index (κ3) is 3.87. The van der Waals surface area contributed by atoms with E-state index in [9.17, 15) is 9.90 Å². The summed E-state index contributed by atoms with van der Waals surface area (Å²) in [6, 6.07) is 0. The highest BCUT2D eigenvalue weighted by Gasteiger charge is 2.45. The van der Waals surface area contributed by atoms with Gasteiger partial charge in [-0.15, -0.1) is 0 Å². The first-order valence-electron chi connectivity index (χ1n) is 8.91. The van der Waals surface area contributed by atoms with Crippen LogP contribution in [-0.4, -0.2) is 97.4 Å². The minimum absolute atomic E-state index is 0.224. The molecule has 0 aromatic heterocycles. The summed E-state index contributed by atoms with van der Waals surface area (Å²) in [6.07, 6.45) is 2.71. The van der Waals surface area contributed by atoms with Gasteiger partial charge < -0.3 is 19.6 Å². The molecular formula is C17H31N3O3. The molecule has 132 valence electrons. The zero-order valence-corrected chi connectivity index (χ0v) is 14.6. The molecule has 6 heteroatoms. The van der Waals surface area contributed by atoms with Gasteiger partial charge in [-0.3, -0.25) is 9.69 Å². The van der Waals surface area contributed by atoms with Crippen molar-refractivity contribution in [3.05, 3.63) is 0 Å².